The lowest BCUT2D eigenvalue weighted by Crippen LogP contribution is -2.43. The van der Waals surface area contributed by atoms with Gasteiger partial charge in [-0.05, 0) is 50.0 Å². The number of carboxylic acids is 1. The number of aryl methyl sites for hydroxylation is 2. The van der Waals surface area contributed by atoms with Crippen LogP contribution in [0.25, 0.3) is 0 Å². The lowest BCUT2D eigenvalue weighted by Gasteiger charge is -2.24. The molecule has 3 rings (SSSR count). The van der Waals surface area contributed by atoms with Gasteiger partial charge in [-0.15, -0.1) is 0 Å². The maximum Gasteiger partial charge on any atom is 0.326 e. The molecule has 1 heterocycles. The Morgan fingerprint density at radius 1 is 1.22 bits per heavy atom. The molecule has 1 aliphatic heterocycles. The summed E-state index contributed by atoms with van der Waals surface area (Å²) in [4.78, 5) is 25.7. The van der Waals surface area contributed by atoms with Gasteiger partial charge in [0.15, 0.2) is 0 Å². The van der Waals surface area contributed by atoms with Gasteiger partial charge in [-0.2, -0.15) is 0 Å². The Bertz CT molecular complexity index is 581. The second-order valence-corrected chi connectivity index (χ2v) is 7.02. The highest BCUT2D eigenvalue weighted by atomic mass is 16.4. The van der Waals surface area contributed by atoms with Crippen LogP contribution in [-0.2, 0) is 16.0 Å². The zero-order valence-corrected chi connectivity index (χ0v) is 13.7. The summed E-state index contributed by atoms with van der Waals surface area (Å²) in [6, 6.07) is 7.77. The number of likely N-dealkylation sites (tertiary alicyclic amines) is 1. The van der Waals surface area contributed by atoms with Crippen LogP contribution in [0.3, 0.4) is 0 Å². The Hall–Kier alpha value is -1.84. The molecule has 1 saturated heterocycles. The molecule has 0 bridgehead atoms. The molecule has 0 aromatic heterocycles. The van der Waals surface area contributed by atoms with E-state index in [1.165, 1.54) is 11.1 Å². The molecule has 1 aromatic rings. The number of carbonyl (C=O) groups is 2. The van der Waals surface area contributed by atoms with E-state index in [0.717, 1.165) is 32.1 Å². The first kappa shape index (κ1) is 16.0. The van der Waals surface area contributed by atoms with Crippen LogP contribution in [0.15, 0.2) is 24.3 Å². The summed E-state index contributed by atoms with van der Waals surface area (Å²) in [5, 5.41) is 9.52. The van der Waals surface area contributed by atoms with E-state index in [-0.39, 0.29) is 11.8 Å². The predicted octanol–water partition coefficient (Wildman–Crippen LogP) is 3.03. The van der Waals surface area contributed by atoms with Crippen LogP contribution in [0.4, 0.5) is 0 Å². The average molecular weight is 315 g/mol. The maximum absolute atomic E-state index is 12.5. The van der Waals surface area contributed by atoms with Gasteiger partial charge in [-0.25, -0.2) is 4.79 Å². The second kappa shape index (κ2) is 6.73. The van der Waals surface area contributed by atoms with Crippen LogP contribution in [0.2, 0.25) is 0 Å². The minimum atomic E-state index is -0.828. The molecule has 3 atom stereocenters. The third-order valence-corrected chi connectivity index (χ3v) is 5.44. The fraction of sp³-hybridized carbons (Fsp3) is 0.579. The lowest BCUT2D eigenvalue weighted by molar-refractivity contribution is -0.149. The molecule has 124 valence electrons. The molecular formula is C19H25NO3. The summed E-state index contributed by atoms with van der Waals surface area (Å²) in [7, 11) is 0. The van der Waals surface area contributed by atoms with Gasteiger partial charge in [0, 0.05) is 13.0 Å². The van der Waals surface area contributed by atoms with Crippen LogP contribution < -0.4 is 0 Å². The van der Waals surface area contributed by atoms with Gasteiger partial charge in [0.05, 0.1) is 0 Å². The molecule has 1 aliphatic carbocycles. The van der Waals surface area contributed by atoms with Gasteiger partial charge < -0.3 is 10.0 Å². The fourth-order valence-corrected chi connectivity index (χ4v) is 4.22. The van der Waals surface area contributed by atoms with Crippen molar-refractivity contribution < 1.29 is 14.7 Å². The Kier molecular flexibility index (Phi) is 4.69. The van der Waals surface area contributed by atoms with E-state index in [1.54, 1.807) is 4.90 Å². The molecule has 1 N–H and O–H groups in total. The molecule has 2 aliphatic rings. The number of hydrogen-bond donors (Lipinski definition) is 1. The van der Waals surface area contributed by atoms with E-state index in [9.17, 15) is 14.7 Å². The van der Waals surface area contributed by atoms with Crippen LogP contribution in [0, 0.1) is 18.8 Å². The van der Waals surface area contributed by atoms with E-state index in [1.807, 2.05) is 0 Å². The fourth-order valence-electron chi connectivity index (χ4n) is 4.22. The van der Waals surface area contributed by atoms with Crippen LogP contribution in [0.5, 0.6) is 0 Å². The molecule has 3 unspecified atom stereocenters. The van der Waals surface area contributed by atoms with Gasteiger partial charge >= 0.3 is 5.97 Å². The standard InChI is InChI=1S/C19H25NO3/c1-13-8-10-14(11-9-13)4-2-7-17(21)20-12-15-5-3-6-16(15)18(20)19(22)23/h8-11,15-16,18H,2-7,12H2,1H3,(H,22,23). The summed E-state index contributed by atoms with van der Waals surface area (Å²) in [5.41, 5.74) is 2.47. The van der Waals surface area contributed by atoms with Gasteiger partial charge in [-0.3, -0.25) is 4.79 Å². The van der Waals surface area contributed by atoms with Crippen molar-refractivity contribution in [3.8, 4) is 0 Å². The van der Waals surface area contributed by atoms with Crippen molar-refractivity contribution in [2.24, 2.45) is 11.8 Å². The molecule has 1 saturated carbocycles. The van der Waals surface area contributed by atoms with E-state index in [4.69, 9.17) is 0 Å². The number of benzene rings is 1. The average Bonchev–Trinajstić information content (AvgIpc) is 3.09. The molecule has 0 radical (unpaired) electrons. The molecule has 2 fully saturated rings. The first-order valence-corrected chi connectivity index (χ1v) is 8.64. The number of carboxylic acid groups (broad SMARTS) is 1. The Balaban J connectivity index is 1.55. The zero-order chi connectivity index (χ0) is 16.4. The summed E-state index contributed by atoms with van der Waals surface area (Å²) in [6.45, 7) is 2.70. The molecular weight excluding hydrogens is 290 g/mol. The monoisotopic (exact) mass is 315 g/mol. The minimum absolute atomic E-state index is 0.0129. The highest BCUT2D eigenvalue weighted by Gasteiger charge is 2.49. The normalized spacial score (nSPS) is 26.3. The van der Waals surface area contributed by atoms with Gasteiger partial charge in [0.2, 0.25) is 5.91 Å². The first-order chi connectivity index (χ1) is 11.1. The smallest absolute Gasteiger partial charge is 0.326 e. The molecule has 1 amide bonds. The lowest BCUT2D eigenvalue weighted by atomic mass is 9.94. The second-order valence-electron chi connectivity index (χ2n) is 7.02. The molecule has 0 spiro atoms. The molecule has 23 heavy (non-hydrogen) atoms. The van der Waals surface area contributed by atoms with E-state index in [2.05, 4.69) is 31.2 Å². The number of hydrogen-bond acceptors (Lipinski definition) is 2. The van der Waals surface area contributed by atoms with Crippen LogP contribution >= 0.6 is 0 Å². The predicted molar refractivity (Wildman–Crippen MR) is 88.1 cm³/mol. The van der Waals surface area contributed by atoms with Crippen LogP contribution in [0.1, 0.15) is 43.2 Å². The van der Waals surface area contributed by atoms with Crippen molar-refractivity contribution in [1.29, 1.82) is 0 Å². The maximum atomic E-state index is 12.5. The third kappa shape index (κ3) is 3.41. The number of aliphatic carboxylic acids is 1. The summed E-state index contributed by atoms with van der Waals surface area (Å²) in [6.07, 6.45) is 5.21. The summed E-state index contributed by atoms with van der Waals surface area (Å²) >= 11 is 0. The summed E-state index contributed by atoms with van der Waals surface area (Å²) < 4.78 is 0. The Labute approximate surface area is 137 Å². The molecule has 4 heteroatoms. The number of nitrogens with zero attached hydrogens (tertiary/aromatic N) is 1. The van der Waals surface area contributed by atoms with Crippen molar-refractivity contribution in [2.45, 2.75) is 51.5 Å². The topological polar surface area (TPSA) is 57.6 Å². The van der Waals surface area contributed by atoms with Gasteiger partial charge in [-0.1, -0.05) is 36.2 Å². The SMILES string of the molecule is Cc1ccc(CCCC(=O)N2CC3CCCC3C2C(=O)O)cc1. The van der Waals surface area contributed by atoms with Crippen molar-refractivity contribution in [3.05, 3.63) is 35.4 Å². The quantitative estimate of drug-likeness (QED) is 0.908. The van der Waals surface area contributed by atoms with Crippen molar-refractivity contribution in [2.75, 3.05) is 6.54 Å². The van der Waals surface area contributed by atoms with Gasteiger partial charge in [0.25, 0.3) is 0 Å². The van der Waals surface area contributed by atoms with E-state index < -0.39 is 12.0 Å². The zero-order valence-electron chi connectivity index (χ0n) is 13.7. The van der Waals surface area contributed by atoms with E-state index in [0.29, 0.717) is 18.9 Å². The number of rotatable bonds is 5. The number of carbonyl (C=O) groups excluding carboxylic acids is 1. The van der Waals surface area contributed by atoms with Gasteiger partial charge in [0.1, 0.15) is 6.04 Å². The minimum Gasteiger partial charge on any atom is -0.480 e. The largest absolute Gasteiger partial charge is 0.480 e. The molecule has 1 aromatic carbocycles. The highest BCUT2D eigenvalue weighted by molar-refractivity contribution is 5.84. The highest BCUT2D eigenvalue weighted by Crippen LogP contribution is 2.42. The first-order valence-electron chi connectivity index (χ1n) is 8.64. The van der Waals surface area contributed by atoms with E-state index >= 15 is 0 Å². The number of fused-ring (bicyclic) bond motifs is 1. The Morgan fingerprint density at radius 3 is 2.65 bits per heavy atom. The van der Waals surface area contributed by atoms with Crippen molar-refractivity contribution in [1.82, 2.24) is 4.90 Å². The third-order valence-electron chi connectivity index (χ3n) is 5.44. The Morgan fingerprint density at radius 2 is 1.96 bits per heavy atom. The van der Waals surface area contributed by atoms with Crippen LogP contribution in [-0.4, -0.2) is 34.5 Å². The molecule has 4 nitrogen and oxygen atoms in total. The van der Waals surface area contributed by atoms with Crippen molar-refractivity contribution in [3.63, 3.8) is 0 Å². The number of amides is 1. The summed E-state index contributed by atoms with van der Waals surface area (Å²) in [5.74, 6) is -0.240. The van der Waals surface area contributed by atoms with Crippen molar-refractivity contribution >= 4 is 11.9 Å².